The number of pyridine rings is 1. The lowest BCUT2D eigenvalue weighted by atomic mass is 10.1. The van der Waals surface area contributed by atoms with Crippen LogP contribution in [0.25, 0.3) is 10.9 Å². The largest absolute Gasteiger partial charge is 0.355 e. The Morgan fingerprint density at radius 2 is 2.25 bits per heavy atom. The van der Waals surface area contributed by atoms with Crippen molar-refractivity contribution in [2.75, 3.05) is 24.2 Å². The number of aromatic nitrogens is 1. The van der Waals surface area contributed by atoms with Gasteiger partial charge in [0, 0.05) is 35.9 Å². The number of hydrogen-bond donors (Lipinski definition) is 0. The second-order valence-electron chi connectivity index (χ2n) is 5.90. The number of hydrogen-bond acceptors (Lipinski definition) is 6. The first-order valence-electron chi connectivity index (χ1n) is 7.89. The molecule has 6 nitrogen and oxygen atoms in total. The molecule has 0 spiro atoms. The van der Waals surface area contributed by atoms with Crippen molar-refractivity contribution in [3.8, 4) is 6.07 Å². The minimum Gasteiger partial charge on any atom is -0.355 e. The number of non-ortho nitro benzene ring substituents is 1. The maximum atomic E-state index is 11.0. The van der Waals surface area contributed by atoms with Crippen LogP contribution < -0.4 is 4.90 Å². The van der Waals surface area contributed by atoms with Gasteiger partial charge in [0.15, 0.2) is 0 Å². The van der Waals surface area contributed by atoms with Gasteiger partial charge in [-0.2, -0.15) is 17.0 Å². The first-order valence-corrected chi connectivity index (χ1v) is 9.18. The fourth-order valence-corrected chi connectivity index (χ4v) is 3.80. The van der Waals surface area contributed by atoms with E-state index in [0.29, 0.717) is 21.7 Å². The number of benzene rings is 1. The van der Waals surface area contributed by atoms with Crippen LogP contribution in [0.4, 0.5) is 11.5 Å². The average Bonchev–Trinajstić information content (AvgIpc) is 2.85. The first-order chi connectivity index (χ1) is 11.6. The molecule has 2 heterocycles. The molecule has 124 valence electrons. The lowest BCUT2D eigenvalue weighted by Crippen LogP contribution is -2.30. The van der Waals surface area contributed by atoms with E-state index in [1.54, 1.807) is 12.1 Å². The van der Waals surface area contributed by atoms with Gasteiger partial charge < -0.3 is 4.90 Å². The SMILES string of the molecule is CSC1CCCCN(c2cc(C#N)c3cc([N+](=O)[O-])ccc3n2)C1. The van der Waals surface area contributed by atoms with Gasteiger partial charge in [-0.25, -0.2) is 4.98 Å². The molecule has 24 heavy (non-hydrogen) atoms. The van der Waals surface area contributed by atoms with E-state index in [9.17, 15) is 15.4 Å². The lowest BCUT2D eigenvalue weighted by molar-refractivity contribution is -0.384. The maximum absolute atomic E-state index is 11.0. The molecule has 0 saturated carbocycles. The van der Waals surface area contributed by atoms with E-state index in [4.69, 9.17) is 0 Å². The highest BCUT2D eigenvalue weighted by Crippen LogP contribution is 2.29. The highest BCUT2D eigenvalue weighted by atomic mass is 32.2. The van der Waals surface area contributed by atoms with Crippen LogP contribution in [0.1, 0.15) is 24.8 Å². The Bertz CT molecular complexity index is 818. The van der Waals surface area contributed by atoms with E-state index in [-0.39, 0.29) is 5.69 Å². The third-order valence-electron chi connectivity index (χ3n) is 4.40. The van der Waals surface area contributed by atoms with Crippen molar-refractivity contribution >= 4 is 34.2 Å². The van der Waals surface area contributed by atoms with E-state index >= 15 is 0 Å². The molecule has 1 aromatic heterocycles. The van der Waals surface area contributed by atoms with Crippen LogP contribution in [0.2, 0.25) is 0 Å². The normalized spacial score (nSPS) is 18.2. The van der Waals surface area contributed by atoms with Crippen LogP contribution in [-0.4, -0.2) is 34.5 Å². The number of nitriles is 1. The van der Waals surface area contributed by atoms with Gasteiger partial charge in [-0.1, -0.05) is 6.42 Å². The summed E-state index contributed by atoms with van der Waals surface area (Å²) in [5.41, 5.74) is 1.04. The fourth-order valence-electron chi connectivity index (χ4n) is 3.07. The quantitative estimate of drug-likeness (QED) is 0.624. The van der Waals surface area contributed by atoms with Crippen molar-refractivity contribution in [1.29, 1.82) is 5.26 Å². The smallest absolute Gasteiger partial charge is 0.270 e. The topological polar surface area (TPSA) is 83.1 Å². The summed E-state index contributed by atoms with van der Waals surface area (Å²) in [4.78, 5) is 17.4. The van der Waals surface area contributed by atoms with Crippen molar-refractivity contribution in [3.05, 3.63) is 39.9 Å². The van der Waals surface area contributed by atoms with Gasteiger partial charge in [0.05, 0.1) is 22.1 Å². The molecule has 1 fully saturated rings. The summed E-state index contributed by atoms with van der Waals surface area (Å²) in [6.07, 6.45) is 5.64. The second kappa shape index (κ2) is 7.05. The van der Waals surface area contributed by atoms with Crippen molar-refractivity contribution in [1.82, 2.24) is 4.98 Å². The van der Waals surface area contributed by atoms with Gasteiger partial charge in [0.25, 0.3) is 5.69 Å². The van der Waals surface area contributed by atoms with Crippen molar-refractivity contribution in [2.45, 2.75) is 24.5 Å². The monoisotopic (exact) mass is 342 g/mol. The molecule has 0 aliphatic carbocycles. The number of rotatable bonds is 3. The van der Waals surface area contributed by atoms with Crippen LogP contribution in [0, 0.1) is 21.4 Å². The molecular weight excluding hydrogens is 324 g/mol. The van der Waals surface area contributed by atoms with E-state index in [0.717, 1.165) is 25.3 Å². The molecule has 2 aromatic rings. The zero-order valence-corrected chi connectivity index (χ0v) is 14.3. The molecule has 0 N–H and O–H groups in total. The molecular formula is C17H18N4O2S. The minimum absolute atomic E-state index is 0.0224. The van der Waals surface area contributed by atoms with E-state index in [1.165, 1.54) is 25.0 Å². The molecule has 0 bridgehead atoms. The number of nitro groups is 1. The Morgan fingerprint density at radius 3 is 2.96 bits per heavy atom. The number of anilines is 1. The lowest BCUT2D eigenvalue weighted by Gasteiger charge is -2.25. The summed E-state index contributed by atoms with van der Waals surface area (Å²) in [7, 11) is 0. The van der Waals surface area contributed by atoms with Gasteiger partial charge in [-0.05, 0) is 31.2 Å². The number of fused-ring (bicyclic) bond motifs is 1. The Kier molecular flexibility index (Phi) is 4.86. The van der Waals surface area contributed by atoms with Crippen molar-refractivity contribution in [3.63, 3.8) is 0 Å². The summed E-state index contributed by atoms with van der Waals surface area (Å²) in [6, 6.07) is 8.41. The predicted octanol–water partition coefficient (Wildman–Crippen LogP) is 3.74. The summed E-state index contributed by atoms with van der Waals surface area (Å²) in [6.45, 7) is 1.84. The molecule has 1 unspecified atom stereocenters. The van der Waals surface area contributed by atoms with Gasteiger partial charge in [-0.3, -0.25) is 10.1 Å². The summed E-state index contributed by atoms with van der Waals surface area (Å²) >= 11 is 1.87. The fraction of sp³-hybridized carbons (Fsp3) is 0.412. The van der Waals surface area contributed by atoms with Crippen LogP contribution in [0.15, 0.2) is 24.3 Å². The number of thioether (sulfide) groups is 1. The van der Waals surface area contributed by atoms with Gasteiger partial charge in [-0.15, -0.1) is 0 Å². The standard InChI is InChI=1S/C17H18N4O2S/c1-24-14-4-2-3-7-20(11-14)17-8-12(10-18)15-9-13(21(22)23)5-6-16(15)19-17/h5-6,8-9,14H,2-4,7,11H2,1H3. The summed E-state index contributed by atoms with van der Waals surface area (Å²) in [5.74, 6) is 0.786. The molecule has 1 aliphatic rings. The van der Waals surface area contributed by atoms with Crippen LogP contribution in [0.5, 0.6) is 0 Å². The van der Waals surface area contributed by atoms with E-state index < -0.39 is 4.92 Å². The maximum Gasteiger partial charge on any atom is 0.270 e. The molecule has 3 rings (SSSR count). The number of nitrogens with zero attached hydrogens (tertiary/aromatic N) is 4. The Hall–Kier alpha value is -2.33. The first kappa shape index (κ1) is 16.5. The molecule has 1 aliphatic heterocycles. The van der Waals surface area contributed by atoms with E-state index in [2.05, 4.69) is 22.2 Å². The molecule has 7 heteroatoms. The van der Waals surface area contributed by atoms with Crippen molar-refractivity contribution in [2.24, 2.45) is 0 Å². The Labute approximate surface area is 144 Å². The summed E-state index contributed by atoms with van der Waals surface area (Å²) in [5, 5.41) is 21.5. The van der Waals surface area contributed by atoms with Gasteiger partial charge in [0.2, 0.25) is 0 Å². The van der Waals surface area contributed by atoms with Crippen molar-refractivity contribution < 1.29 is 4.92 Å². The highest BCUT2D eigenvalue weighted by Gasteiger charge is 2.20. The van der Waals surface area contributed by atoms with Gasteiger partial charge in [0.1, 0.15) is 5.82 Å². The van der Waals surface area contributed by atoms with Crippen LogP contribution >= 0.6 is 11.8 Å². The Balaban J connectivity index is 2.05. The Morgan fingerprint density at radius 1 is 1.42 bits per heavy atom. The minimum atomic E-state index is -0.452. The molecule has 1 saturated heterocycles. The average molecular weight is 342 g/mol. The van der Waals surface area contributed by atoms with Crippen LogP contribution in [-0.2, 0) is 0 Å². The zero-order chi connectivity index (χ0) is 17.1. The zero-order valence-electron chi connectivity index (χ0n) is 13.4. The predicted molar refractivity (Wildman–Crippen MR) is 96.5 cm³/mol. The molecule has 0 radical (unpaired) electrons. The third kappa shape index (κ3) is 3.29. The number of nitro benzene ring substituents is 1. The molecule has 1 atom stereocenters. The second-order valence-corrected chi connectivity index (χ2v) is 7.04. The third-order valence-corrected chi connectivity index (χ3v) is 5.45. The highest BCUT2D eigenvalue weighted by molar-refractivity contribution is 7.99. The van der Waals surface area contributed by atoms with E-state index in [1.807, 2.05) is 11.8 Å². The van der Waals surface area contributed by atoms with Crippen LogP contribution in [0.3, 0.4) is 0 Å². The van der Waals surface area contributed by atoms with Gasteiger partial charge >= 0.3 is 0 Å². The molecule has 0 amide bonds. The molecule has 1 aromatic carbocycles. The summed E-state index contributed by atoms with van der Waals surface area (Å²) < 4.78 is 0.